The van der Waals surface area contributed by atoms with Crippen LogP contribution in [0.3, 0.4) is 0 Å². The van der Waals surface area contributed by atoms with E-state index in [1.54, 1.807) is 7.11 Å². The molecular weight excluding hydrogens is 274 g/mol. The average Bonchev–Trinajstić information content (AvgIpc) is 2.93. The van der Waals surface area contributed by atoms with E-state index in [0.29, 0.717) is 6.54 Å². The average molecular weight is 289 g/mol. The van der Waals surface area contributed by atoms with Crippen molar-refractivity contribution in [3.63, 3.8) is 0 Å². The lowest BCUT2D eigenvalue weighted by molar-refractivity contribution is 0.0966. The van der Waals surface area contributed by atoms with Crippen molar-refractivity contribution in [3.8, 4) is 16.9 Å². The van der Waals surface area contributed by atoms with E-state index in [1.165, 1.54) is 0 Å². The van der Waals surface area contributed by atoms with Crippen LogP contribution >= 0.6 is 0 Å². The number of methoxy groups -OCH3 is 1. The summed E-state index contributed by atoms with van der Waals surface area (Å²) in [6.07, 6.45) is 0. The molecular formula is C19H15NO2. The summed E-state index contributed by atoms with van der Waals surface area (Å²) < 4.78 is 5.51. The Balaban J connectivity index is 2.16. The minimum atomic E-state index is -0.0124. The van der Waals surface area contributed by atoms with E-state index in [-0.39, 0.29) is 5.91 Å². The maximum absolute atomic E-state index is 12.4. The summed E-state index contributed by atoms with van der Waals surface area (Å²) in [6, 6.07) is 18.1. The van der Waals surface area contributed by atoms with Gasteiger partial charge in [-0.05, 0) is 28.5 Å². The van der Waals surface area contributed by atoms with Crippen molar-refractivity contribution in [2.45, 2.75) is 6.54 Å². The molecule has 0 aliphatic carbocycles. The van der Waals surface area contributed by atoms with Crippen LogP contribution in [-0.4, -0.2) is 13.0 Å². The first-order valence-corrected chi connectivity index (χ1v) is 7.26. The maximum Gasteiger partial charge on any atom is 0.252 e. The van der Waals surface area contributed by atoms with Gasteiger partial charge >= 0.3 is 0 Å². The van der Waals surface area contributed by atoms with Crippen LogP contribution in [0.2, 0.25) is 0 Å². The van der Waals surface area contributed by atoms with Gasteiger partial charge < -0.3 is 10.1 Å². The molecule has 0 unspecified atom stereocenters. The lowest BCUT2D eigenvalue weighted by atomic mass is 9.90. The summed E-state index contributed by atoms with van der Waals surface area (Å²) in [7, 11) is 1.66. The Morgan fingerprint density at radius 2 is 1.77 bits per heavy atom. The van der Waals surface area contributed by atoms with Crippen LogP contribution < -0.4 is 10.1 Å². The Labute approximate surface area is 128 Å². The van der Waals surface area contributed by atoms with Gasteiger partial charge in [-0.2, -0.15) is 0 Å². The predicted molar refractivity (Wildman–Crippen MR) is 87.1 cm³/mol. The van der Waals surface area contributed by atoms with E-state index in [4.69, 9.17) is 4.74 Å². The highest BCUT2D eigenvalue weighted by Crippen LogP contribution is 2.40. The first kappa shape index (κ1) is 12.9. The summed E-state index contributed by atoms with van der Waals surface area (Å²) in [5, 5.41) is 5.14. The molecule has 0 atom stereocenters. The van der Waals surface area contributed by atoms with E-state index in [1.807, 2.05) is 36.4 Å². The van der Waals surface area contributed by atoms with E-state index in [2.05, 4.69) is 23.5 Å². The highest BCUT2D eigenvalue weighted by atomic mass is 16.5. The van der Waals surface area contributed by atoms with Crippen molar-refractivity contribution in [1.29, 1.82) is 0 Å². The highest BCUT2D eigenvalue weighted by Gasteiger charge is 2.26. The molecule has 0 aromatic heterocycles. The maximum atomic E-state index is 12.4. The molecule has 0 saturated carbocycles. The quantitative estimate of drug-likeness (QED) is 0.780. The normalized spacial score (nSPS) is 13.0. The van der Waals surface area contributed by atoms with Crippen LogP contribution in [0.25, 0.3) is 21.9 Å². The van der Waals surface area contributed by atoms with Gasteiger partial charge in [-0.25, -0.2) is 0 Å². The molecule has 0 saturated heterocycles. The van der Waals surface area contributed by atoms with Crippen LogP contribution in [0.5, 0.6) is 5.75 Å². The molecule has 22 heavy (non-hydrogen) atoms. The fourth-order valence-corrected chi connectivity index (χ4v) is 3.20. The lowest BCUT2D eigenvalue weighted by Crippen LogP contribution is -2.13. The number of carbonyl (C=O) groups is 1. The zero-order valence-electron chi connectivity index (χ0n) is 12.2. The van der Waals surface area contributed by atoms with Gasteiger partial charge in [0.2, 0.25) is 0 Å². The number of carbonyl (C=O) groups excluding carboxylic acids is 1. The minimum Gasteiger partial charge on any atom is -0.496 e. The van der Waals surface area contributed by atoms with Crippen LogP contribution in [-0.2, 0) is 6.54 Å². The van der Waals surface area contributed by atoms with Crippen molar-refractivity contribution in [2.24, 2.45) is 0 Å². The number of amides is 1. The second-order valence-electron chi connectivity index (χ2n) is 5.39. The van der Waals surface area contributed by atoms with Gasteiger partial charge in [0.15, 0.2) is 0 Å². The lowest BCUT2D eigenvalue weighted by Gasteiger charge is -2.14. The van der Waals surface area contributed by atoms with Crippen molar-refractivity contribution in [1.82, 2.24) is 5.32 Å². The van der Waals surface area contributed by atoms with Gasteiger partial charge in [0.05, 0.1) is 12.7 Å². The first-order valence-electron chi connectivity index (χ1n) is 7.26. The van der Waals surface area contributed by atoms with Crippen molar-refractivity contribution < 1.29 is 9.53 Å². The second-order valence-corrected chi connectivity index (χ2v) is 5.39. The molecule has 3 aromatic carbocycles. The molecule has 3 heteroatoms. The number of nitrogens with one attached hydrogen (secondary N) is 1. The molecule has 1 N–H and O–H groups in total. The standard InChI is InChI=1S/C19H15NO2/c1-22-16-9-5-4-8-15(16)18-14-7-3-2-6-12(14)10-13-11-20-19(21)17(13)18/h2-10H,11H2,1H3,(H,20,21). The number of benzene rings is 3. The largest absolute Gasteiger partial charge is 0.496 e. The van der Waals surface area contributed by atoms with E-state index in [9.17, 15) is 4.79 Å². The molecule has 0 fully saturated rings. The number of rotatable bonds is 2. The summed E-state index contributed by atoms with van der Waals surface area (Å²) in [5.41, 5.74) is 3.73. The van der Waals surface area contributed by atoms with E-state index >= 15 is 0 Å². The van der Waals surface area contributed by atoms with Crippen molar-refractivity contribution in [3.05, 3.63) is 65.7 Å². The molecule has 0 bridgehead atoms. The van der Waals surface area contributed by atoms with Gasteiger partial charge in [-0.3, -0.25) is 4.79 Å². The summed E-state index contributed by atoms with van der Waals surface area (Å²) in [5.74, 6) is 0.766. The monoisotopic (exact) mass is 289 g/mol. The fraction of sp³-hybridized carbons (Fsp3) is 0.105. The first-order chi connectivity index (χ1) is 10.8. The third-order valence-electron chi connectivity index (χ3n) is 4.17. The molecule has 3 nitrogen and oxygen atoms in total. The van der Waals surface area contributed by atoms with Crippen LogP contribution in [0.1, 0.15) is 15.9 Å². The molecule has 108 valence electrons. The highest BCUT2D eigenvalue weighted by molar-refractivity contribution is 6.13. The molecule has 1 aliphatic rings. The van der Waals surface area contributed by atoms with Gasteiger partial charge in [0.1, 0.15) is 5.75 Å². The smallest absolute Gasteiger partial charge is 0.252 e. The number of ether oxygens (including phenoxy) is 1. The Kier molecular flexibility index (Phi) is 2.86. The Bertz CT molecular complexity index is 899. The van der Waals surface area contributed by atoms with Crippen LogP contribution in [0.15, 0.2) is 54.6 Å². The third kappa shape index (κ3) is 1.79. The summed E-state index contributed by atoms with van der Waals surface area (Å²) in [6.45, 7) is 0.584. The predicted octanol–water partition coefficient (Wildman–Crippen LogP) is 3.76. The number of para-hydroxylation sites is 1. The van der Waals surface area contributed by atoms with E-state index < -0.39 is 0 Å². The van der Waals surface area contributed by atoms with Crippen molar-refractivity contribution in [2.75, 3.05) is 7.11 Å². The number of hydrogen-bond acceptors (Lipinski definition) is 2. The van der Waals surface area contributed by atoms with Gasteiger partial charge in [-0.1, -0.05) is 42.5 Å². The Morgan fingerprint density at radius 1 is 1.00 bits per heavy atom. The minimum absolute atomic E-state index is 0.0124. The zero-order valence-corrected chi connectivity index (χ0v) is 12.2. The van der Waals surface area contributed by atoms with Gasteiger partial charge in [0, 0.05) is 17.7 Å². The van der Waals surface area contributed by atoms with Crippen molar-refractivity contribution >= 4 is 16.7 Å². The Morgan fingerprint density at radius 3 is 2.64 bits per heavy atom. The van der Waals surface area contributed by atoms with E-state index in [0.717, 1.165) is 38.8 Å². The number of hydrogen-bond donors (Lipinski definition) is 1. The van der Waals surface area contributed by atoms with Crippen LogP contribution in [0.4, 0.5) is 0 Å². The molecule has 3 aromatic rings. The molecule has 1 aliphatic heterocycles. The third-order valence-corrected chi connectivity index (χ3v) is 4.17. The fourth-order valence-electron chi connectivity index (χ4n) is 3.20. The van der Waals surface area contributed by atoms with Gasteiger partial charge in [0.25, 0.3) is 5.91 Å². The second kappa shape index (κ2) is 4.88. The van der Waals surface area contributed by atoms with Gasteiger partial charge in [-0.15, -0.1) is 0 Å². The molecule has 0 radical (unpaired) electrons. The SMILES string of the molecule is COc1ccccc1-c1c2c(cc3ccccc13)CNC2=O. The molecule has 4 rings (SSSR count). The molecule has 0 spiro atoms. The van der Waals surface area contributed by atoms with Crippen LogP contribution in [0, 0.1) is 0 Å². The topological polar surface area (TPSA) is 38.3 Å². The summed E-state index contributed by atoms with van der Waals surface area (Å²) in [4.78, 5) is 12.4. The number of fused-ring (bicyclic) bond motifs is 2. The zero-order chi connectivity index (χ0) is 15.1. The molecule has 1 amide bonds. The molecule has 1 heterocycles. The summed E-state index contributed by atoms with van der Waals surface area (Å²) >= 11 is 0. The Hall–Kier alpha value is -2.81.